The normalized spacial score (nSPS) is 20.3. The molecule has 2 aliphatic heterocycles. The number of methoxy groups -OCH3 is 2. The van der Waals surface area contributed by atoms with Gasteiger partial charge in [0.15, 0.2) is 33.9 Å². The molecular weight excluding hydrogens is 642 g/mol. The van der Waals surface area contributed by atoms with E-state index in [1.54, 1.807) is 30.5 Å². The van der Waals surface area contributed by atoms with Crippen LogP contribution in [0.1, 0.15) is 41.6 Å². The number of aromatic nitrogens is 1. The minimum absolute atomic E-state index is 0.00954. The summed E-state index contributed by atoms with van der Waals surface area (Å²) in [7, 11) is 2.75. The number of anilines is 1. The maximum Gasteiger partial charge on any atom is 0.245 e. The number of fused-ring (bicyclic) bond motifs is 2. The SMILES string of the molecule is COc1cc(OC)c2c(c1Cl)O[C@]1(C2=O)C(O)=C(C(CC(=O)NCC(=O)Nc2nccs2)c2ccc3c(c2)OCO3)C(=O)C[C@H]1C. The van der Waals surface area contributed by atoms with Crippen LogP contribution in [0.25, 0.3) is 0 Å². The van der Waals surface area contributed by atoms with Crippen LogP contribution in [0.15, 0.2) is 47.2 Å². The Morgan fingerprint density at radius 3 is 2.63 bits per heavy atom. The molecule has 2 amide bonds. The second-order valence-electron chi connectivity index (χ2n) is 10.8. The summed E-state index contributed by atoms with van der Waals surface area (Å²) in [6.07, 6.45) is 0.954. The second-order valence-corrected chi connectivity index (χ2v) is 12.1. The molecule has 0 saturated carbocycles. The first-order valence-corrected chi connectivity index (χ1v) is 15.3. The molecule has 3 atom stereocenters. The number of Topliss-reactive ketones (excluding diaryl/α,β-unsaturated/α-hetero) is 2. The molecule has 0 radical (unpaired) electrons. The summed E-state index contributed by atoms with van der Waals surface area (Å²) in [6, 6.07) is 6.30. The van der Waals surface area contributed by atoms with Crippen LogP contribution in [-0.4, -0.2) is 66.6 Å². The molecule has 3 aromatic rings. The molecule has 1 aromatic heterocycles. The molecule has 3 heterocycles. The Bertz CT molecular complexity index is 1790. The third-order valence-corrected chi connectivity index (χ3v) is 9.22. The lowest BCUT2D eigenvalue weighted by atomic mass is 9.69. The van der Waals surface area contributed by atoms with E-state index < -0.39 is 46.6 Å². The van der Waals surface area contributed by atoms with Gasteiger partial charge >= 0.3 is 0 Å². The lowest BCUT2D eigenvalue weighted by Crippen LogP contribution is -2.53. The topological polar surface area (TPSA) is 172 Å². The second kappa shape index (κ2) is 12.2. The van der Waals surface area contributed by atoms with Gasteiger partial charge in [0.25, 0.3) is 0 Å². The maximum atomic E-state index is 14.2. The van der Waals surface area contributed by atoms with E-state index in [2.05, 4.69) is 15.6 Å². The maximum absolute atomic E-state index is 14.2. The standard InChI is InChI=1S/C31H28ClN3O10S/c1-14-8-17(36)24(28(39)31(14)29(40)25-20(41-2)11-21(42-3)26(32)27(25)45-31)16(15-4-5-18-19(9-15)44-13-43-18)10-22(37)34-12-23(38)35-30-33-6-7-46-30/h4-7,9,11,14,16,39H,8,10,12-13H2,1-3H3,(H,34,37)(H,33,35,38)/t14-,16?,31+/m1/s1. The molecule has 0 fully saturated rings. The fourth-order valence-electron chi connectivity index (χ4n) is 5.94. The number of ether oxygens (including phenoxy) is 5. The number of ketones is 2. The van der Waals surface area contributed by atoms with E-state index in [0.29, 0.717) is 22.2 Å². The summed E-state index contributed by atoms with van der Waals surface area (Å²) in [5.74, 6) is -3.75. The van der Waals surface area contributed by atoms with Gasteiger partial charge in [-0.15, -0.1) is 11.3 Å². The molecule has 3 aliphatic rings. The number of hydrogen-bond acceptors (Lipinski definition) is 12. The number of rotatable bonds is 9. The van der Waals surface area contributed by atoms with Crippen molar-refractivity contribution in [2.45, 2.75) is 31.3 Å². The van der Waals surface area contributed by atoms with Crippen LogP contribution in [0.2, 0.25) is 5.02 Å². The fourth-order valence-corrected chi connectivity index (χ4v) is 6.75. The molecule has 3 N–H and O–H groups in total. The molecule has 13 nitrogen and oxygen atoms in total. The molecule has 1 unspecified atom stereocenters. The highest BCUT2D eigenvalue weighted by atomic mass is 35.5. The van der Waals surface area contributed by atoms with E-state index >= 15 is 0 Å². The van der Waals surface area contributed by atoms with Gasteiger partial charge in [-0.1, -0.05) is 24.6 Å². The largest absolute Gasteiger partial charge is 0.507 e. The van der Waals surface area contributed by atoms with Gasteiger partial charge in [0.2, 0.25) is 30.0 Å². The number of thiazole rings is 1. The summed E-state index contributed by atoms with van der Waals surface area (Å²) in [4.78, 5) is 57.7. The Balaban J connectivity index is 1.40. The number of aliphatic hydroxyl groups is 1. The molecule has 0 saturated heterocycles. The predicted octanol–water partition coefficient (Wildman–Crippen LogP) is 4.21. The minimum atomic E-state index is -2.05. The summed E-state index contributed by atoms with van der Waals surface area (Å²) >= 11 is 7.78. The molecule has 1 spiro atoms. The molecule has 15 heteroatoms. The van der Waals surface area contributed by atoms with Crippen LogP contribution >= 0.6 is 22.9 Å². The van der Waals surface area contributed by atoms with E-state index in [-0.39, 0.29) is 59.6 Å². The van der Waals surface area contributed by atoms with Crippen molar-refractivity contribution in [1.82, 2.24) is 10.3 Å². The van der Waals surface area contributed by atoms with E-state index in [0.717, 1.165) is 0 Å². The Morgan fingerprint density at radius 1 is 1.15 bits per heavy atom. The van der Waals surface area contributed by atoms with Crippen LogP contribution in [0.4, 0.5) is 5.13 Å². The molecule has 1 aliphatic carbocycles. The first-order chi connectivity index (χ1) is 22.1. The zero-order chi connectivity index (χ0) is 32.7. The summed E-state index contributed by atoms with van der Waals surface area (Å²) < 4.78 is 28.0. The number of amides is 2. The summed E-state index contributed by atoms with van der Waals surface area (Å²) in [6.45, 7) is 1.22. The fraction of sp³-hybridized carbons (Fsp3) is 0.323. The monoisotopic (exact) mass is 669 g/mol. The number of nitrogens with one attached hydrogen (secondary N) is 2. The van der Waals surface area contributed by atoms with Gasteiger partial charge in [-0.05, 0) is 17.7 Å². The van der Waals surface area contributed by atoms with Gasteiger partial charge in [-0.25, -0.2) is 4.98 Å². The van der Waals surface area contributed by atoms with Gasteiger partial charge in [0.1, 0.15) is 22.1 Å². The smallest absolute Gasteiger partial charge is 0.245 e. The van der Waals surface area contributed by atoms with Gasteiger partial charge < -0.3 is 39.4 Å². The van der Waals surface area contributed by atoms with Crippen LogP contribution in [0.5, 0.6) is 28.7 Å². The minimum Gasteiger partial charge on any atom is -0.507 e. The zero-order valence-electron chi connectivity index (χ0n) is 24.8. The average Bonchev–Trinajstić information content (AvgIpc) is 3.79. The van der Waals surface area contributed by atoms with Crippen molar-refractivity contribution in [2.75, 3.05) is 32.9 Å². The van der Waals surface area contributed by atoms with Crippen LogP contribution < -0.4 is 34.3 Å². The average molecular weight is 670 g/mol. The van der Waals surface area contributed by atoms with Crippen molar-refractivity contribution in [3.05, 3.63) is 63.3 Å². The highest BCUT2D eigenvalue weighted by Crippen LogP contribution is 2.56. The first-order valence-electron chi connectivity index (χ1n) is 14.1. The van der Waals surface area contributed by atoms with Crippen molar-refractivity contribution in [1.29, 1.82) is 0 Å². The van der Waals surface area contributed by atoms with Crippen LogP contribution in [0, 0.1) is 5.92 Å². The predicted molar refractivity (Wildman–Crippen MR) is 164 cm³/mol. The quantitative estimate of drug-likeness (QED) is 0.298. The molecular formula is C31H28ClN3O10S. The third kappa shape index (κ3) is 5.16. The van der Waals surface area contributed by atoms with E-state index in [1.165, 1.54) is 37.8 Å². The Kier molecular flexibility index (Phi) is 8.25. The number of aliphatic hydroxyl groups excluding tert-OH is 1. The lowest BCUT2D eigenvalue weighted by Gasteiger charge is -2.38. The van der Waals surface area contributed by atoms with Crippen molar-refractivity contribution in [2.24, 2.45) is 5.92 Å². The van der Waals surface area contributed by atoms with E-state index in [4.69, 9.17) is 35.3 Å². The molecule has 46 heavy (non-hydrogen) atoms. The molecule has 2 aromatic carbocycles. The lowest BCUT2D eigenvalue weighted by molar-refractivity contribution is -0.124. The number of hydrogen-bond donors (Lipinski definition) is 3. The van der Waals surface area contributed by atoms with Gasteiger partial charge in [0.05, 0.1) is 20.8 Å². The summed E-state index contributed by atoms with van der Waals surface area (Å²) in [5.41, 5.74) is -1.83. The molecule has 6 rings (SSSR count). The Labute approximate surface area is 271 Å². The number of nitrogens with zero attached hydrogens (tertiary/aromatic N) is 1. The highest BCUT2D eigenvalue weighted by molar-refractivity contribution is 7.13. The number of carbonyl (C=O) groups excluding carboxylic acids is 4. The number of benzene rings is 2. The van der Waals surface area contributed by atoms with Crippen LogP contribution in [0.3, 0.4) is 0 Å². The Hall–Kier alpha value is -4.82. The molecule has 240 valence electrons. The van der Waals surface area contributed by atoms with Gasteiger partial charge in [-0.3, -0.25) is 19.2 Å². The number of carbonyl (C=O) groups is 4. The van der Waals surface area contributed by atoms with E-state index in [9.17, 15) is 24.3 Å². The Morgan fingerprint density at radius 2 is 1.91 bits per heavy atom. The third-order valence-electron chi connectivity index (χ3n) is 8.17. The zero-order valence-corrected chi connectivity index (χ0v) is 26.4. The first kappa shape index (κ1) is 31.2. The van der Waals surface area contributed by atoms with Crippen LogP contribution in [-0.2, 0) is 14.4 Å². The number of halogens is 1. The number of allylic oxidation sites excluding steroid dienone is 1. The van der Waals surface area contributed by atoms with Crippen molar-refractivity contribution >= 4 is 51.5 Å². The van der Waals surface area contributed by atoms with Crippen molar-refractivity contribution in [3.63, 3.8) is 0 Å². The van der Waals surface area contributed by atoms with E-state index in [1.807, 2.05) is 0 Å². The van der Waals surface area contributed by atoms with Crippen molar-refractivity contribution in [3.8, 4) is 28.7 Å². The summed E-state index contributed by atoms with van der Waals surface area (Å²) in [5, 5.41) is 19.2. The highest BCUT2D eigenvalue weighted by Gasteiger charge is 2.61. The van der Waals surface area contributed by atoms with Crippen molar-refractivity contribution < 1.29 is 48.0 Å². The van der Waals surface area contributed by atoms with Gasteiger partial charge in [0, 0.05) is 47.9 Å². The molecule has 0 bridgehead atoms. The van der Waals surface area contributed by atoms with Gasteiger partial charge in [-0.2, -0.15) is 0 Å².